The molecule has 0 atom stereocenters. The van der Waals surface area contributed by atoms with E-state index in [1.807, 2.05) is 6.08 Å². The lowest BCUT2D eigenvalue weighted by atomic mass is 9.96. The number of likely N-dealkylation sites (N-methyl/N-ethyl adjacent to an activating group) is 1. The first-order chi connectivity index (χ1) is 5.81. The SMILES string of the molecule is CN1C(=O)/C(=C\C(C)(C)C)SC1=S. The van der Waals surface area contributed by atoms with E-state index in [1.54, 1.807) is 7.05 Å². The van der Waals surface area contributed by atoms with Gasteiger partial charge in [-0.25, -0.2) is 0 Å². The third-order valence-electron chi connectivity index (χ3n) is 1.55. The van der Waals surface area contributed by atoms with Crippen molar-refractivity contribution >= 4 is 34.2 Å². The molecule has 1 saturated heterocycles. The average molecular weight is 215 g/mol. The number of carbonyl (C=O) groups excluding carboxylic acids is 1. The first-order valence-corrected chi connectivity index (χ1v) is 5.26. The van der Waals surface area contributed by atoms with E-state index in [0.29, 0.717) is 4.32 Å². The fourth-order valence-corrected chi connectivity index (χ4v) is 2.34. The predicted molar refractivity (Wildman–Crippen MR) is 60.5 cm³/mol. The van der Waals surface area contributed by atoms with E-state index in [-0.39, 0.29) is 11.3 Å². The highest BCUT2D eigenvalue weighted by Crippen LogP contribution is 2.33. The topological polar surface area (TPSA) is 20.3 Å². The van der Waals surface area contributed by atoms with Crippen LogP contribution in [0.3, 0.4) is 0 Å². The van der Waals surface area contributed by atoms with Gasteiger partial charge in [-0.1, -0.05) is 50.8 Å². The lowest BCUT2D eigenvalue weighted by molar-refractivity contribution is -0.121. The summed E-state index contributed by atoms with van der Waals surface area (Å²) >= 11 is 6.39. The zero-order chi connectivity index (χ0) is 10.2. The number of nitrogens with zero attached hydrogens (tertiary/aromatic N) is 1. The van der Waals surface area contributed by atoms with Crippen molar-refractivity contribution < 1.29 is 4.79 Å². The number of hydrogen-bond donors (Lipinski definition) is 0. The van der Waals surface area contributed by atoms with E-state index in [9.17, 15) is 4.79 Å². The summed E-state index contributed by atoms with van der Waals surface area (Å²) in [5.74, 6) is 0.0184. The van der Waals surface area contributed by atoms with Gasteiger partial charge >= 0.3 is 0 Å². The Hall–Kier alpha value is -0.350. The van der Waals surface area contributed by atoms with Crippen molar-refractivity contribution in [2.45, 2.75) is 20.8 Å². The minimum Gasteiger partial charge on any atom is -0.296 e. The van der Waals surface area contributed by atoms with Crippen LogP contribution in [-0.2, 0) is 4.79 Å². The van der Waals surface area contributed by atoms with Gasteiger partial charge in [0.05, 0.1) is 4.91 Å². The lowest BCUT2D eigenvalue weighted by Gasteiger charge is -2.12. The molecule has 4 heteroatoms. The maximum Gasteiger partial charge on any atom is 0.265 e. The highest BCUT2D eigenvalue weighted by Gasteiger charge is 2.29. The number of thiocarbonyl (C=S) groups is 1. The third-order valence-corrected chi connectivity index (χ3v) is 3.04. The second-order valence-corrected chi connectivity index (χ2v) is 5.78. The number of allylic oxidation sites excluding steroid dienone is 1. The second kappa shape index (κ2) is 3.42. The monoisotopic (exact) mass is 215 g/mol. The molecule has 13 heavy (non-hydrogen) atoms. The van der Waals surface area contributed by atoms with Crippen molar-refractivity contribution in [3.05, 3.63) is 11.0 Å². The summed E-state index contributed by atoms with van der Waals surface area (Å²) < 4.78 is 0.639. The van der Waals surface area contributed by atoms with E-state index >= 15 is 0 Å². The summed E-state index contributed by atoms with van der Waals surface area (Å²) in [6.45, 7) is 6.19. The maximum atomic E-state index is 11.5. The summed E-state index contributed by atoms with van der Waals surface area (Å²) in [5.41, 5.74) is 0.0266. The number of carbonyl (C=O) groups is 1. The molecule has 2 nitrogen and oxygen atoms in total. The Bertz CT molecular complexity index is 288. The molecule has 1 aliphatic rings. The van der Waals surface area contributed by atoms with Gasteiger partial charge in [-0.05, 0) is 5.41 Å². The van der Waals surface area contributed by atoms with Crippen molar-refractivity contribution in [2.24, 2.45) is 5.41 Å². The number of amides is 1. The standard InChI is InChI=1S/C9H13NOS2/c1-9(2,3)5-6-7(11)10(4)8(12)13-6/h5H,1-4H3/b6-5+. The fraction of sp³-hybridized carbons (Fsp3) is 0.556. The molecule has 0 unspecified atom stereocenters. The molecule has 1 heterocycles. The third kappa shape index (κ3) is 2.54. The molecule has 0 N–H and O–H groups in total. The molecule has 1 aliphatic heterocycles. The number of thioether (sulfide) groups is 1. The van der Waals surface area contributed by atoms with Gasteiger partial charge in [-0.3, -0.25) is 9.69 Å². The summed E-state index contributed by atoms with van der Waals surface area (Å²) in [7, 11) is 1.71. The van der Waals surface area contributed by atoms with Crippen LogP contribution in [0.1, 0.15) is 20.8 Å². The van der Waals surface area contributed by atoms with Gasteiger partial charge in [-0.2, -0.15) is 0 Å². The van der Waals surface area contributed by atoms with Crippen LogP contribution in [0.5, 0.6) is 0 Å². The van der Waals surface area contributed by atoms with E-state index in [1.165, 1.54) is 16.7 Å². The van der Waals surface area contributed by atoms with Crippen molar-refractivity contribution in [1.29, 1.82) is 0 Å². The van der Waals surface area contributed by atoms with Crippen molar-refractivity contribution in [2.75, 3.05) is 7.05 Å². The van der Waals surface area contributed by atoms with Gasteiger partial charge in [0.15, 0.2) is 0 Å². The van der Waals surface area contributed by atoms with Crippen molar-refractivity contribution in [1.82, 2.24) is 4.90 Å². The maximum absolute atomic E-state index is 11.5. The van der Waals surface area contributed by atoms with Crippen molar-refractivity contribution in [3.63, 3.8) is 0 Å². The molecule has 72 valence electrons. The molecule has 0 aromatic rings. The van der Waals surface area contributed by atoms with Crippen LogP contribution in [0.2, 0.25) is 0 Å². The van der Waals surface area contributed by atoms with Crippen LogP contribution < -0.4 is 0 Å². The average Bonchev–Trinajstić information content (AvgIpc) is 2.15. The Kier molecular flexibility index (Phi) is 2.82. The molecular weight excluding hydrogens is 202 g/mol. The first kappa shape index (κ1) is 10.7. The van der Waals surface area contributed by atoms with Gasteiger partial charge in [0.25, 0.3) is 5.91 Å². The Morgan fingerprint density at radius 1 is 1.46 bits per heavy atom. The van der Waals surface area contributed by atoms with Gasteiger partial charge in [0.1, 0.15) is 4.32 Å². The Morgan fingerprint density at radius 3 is 2.31 bits per heavy atom. The number of hydrogen-bond acceptors (Lipinski definition) is 3. The zero-order valence-electron chi connectivity index (χ0n) is 8.25. The molecule has 0 aromatic heterocycles. The molecular formula is C9H13NOS2. The van der Waals surface area contributed by atoms with Gasteiger partial charge in [-0.15, -0.1) is 0 Å². The van der Waals surface area contributed by atoms with Crippen LogP contribution in [0.25, 0.3) is 0 Å². The summed E-state index contributed by atoms with van der Waals surface area (Å²) in [6, 6.07) is 0. The van der Waals surface area contributed by atoms with Gasteiger partial charge < -0.3 is 0 Å². The Balaban J connectivity index is 2.92. The highest BCUT2D eigenvalue weighted by atomic mass is 32.2. The molecule has 0 radical (unpaired) electrons. The molecule has 0 aromatic carbocycles. The lowest BCUT2D eigenvalue weighted by Crippen LogP contribution is -2.22. The smallest absolute Gasteiger partial charge is 0.265 e. The van der Waals surface area contributed by atoms with E-state index in [4.69, 9.17) is 12.2 Å². The van der Waals surface area contributed by atoms with E-state index < -0.39 is 0 Å². The van der Waals surface area contributed by atoms with Gasteiger partial charge in [0, 0.05) is 7.05 Å². The minimum absolute atomic E-state index is 0.0184. The van der Waals surface area contributed by atoms with Crippen LogP contribution in [-0.4, -0.2) is 22.2 Å². The van der Waals surface area contributed by atoms with Crippen LogP contribution in [0.15, 0.2) is 11.0 Å². The molecule has 0 saturated carbocycles. The quantitative estimate of drug-likeness (QED) is 0.457. The fourth-order valence-electron chi connectivity index (χ4n) is 0.939. The van der Waals surface area contributed by atoms with Crippen molar-refractivity contribution in [3.8, 4) is 0 Å². The largest absolute Gasteiger partial charge is 0.296 e. The second-order valence-electron chi connectivity index (χ2n) is 4.11. The molecule has 0 bridgehead atoms. The summed E-state index contributed by atoms with van der Waals surface area (Å²) in [6.07, 6.45) is 1.97. The zero-order valence-corrected chi connectivity index (χ0v) is 9.88. The number of rotatable bonds is 0. The predicted octanol–water partition coefficient (Wildman–Crippen LogP) is 2.41. The first-order valence-electron chi connectivity index (χ1n) is 4.04. The minimum atomic E-state index is 0.0184. The Morgan fingerprint density at radius 2 is 2.00 bits per heavy atom. The molecule has 0 spiro atoms. The van der Waals surface area contributed by atoms with Crippen LogP contribution in [0, 0.1) is 5.41 Å². The molecule has 0 aliphatic carbocycles. The van der Waals surface area contributed by atoms with Gasteiger partial charge in [0.2, 0.25) is 0 Å². The Labute approximate surface area is 88.4 Å². The molecule has 1 amide bonds. The summed E-state index contributed by atoms with van der Waals surface area (Å²) in [4.78, 5) is 13.8. The highest BCUT2D eigenvalue weighted by molar-refractivity contribution is 8.26. The molecule has 1 rings (SSSR count). The van der Waals surface area contributed by atoms with Crippen LogP contribution in [0.4, 0.5) is 0 Å². The van der Waals surface area contributed by atoms with E-state index in [2.05, 4.69) is 20.8 Å². The molecule has 1 fully saturated rings. The normalized spacial score (nSPS) is 21.8. The van der Waals surface area contributed by atoms with E-state index in [0.717, 1.165) is 4.91 Å². The summed E-state index contributed by atoms with van der Waals surface area (Å²) in [5, 5.41) is 0. The van der Waals surface area contributed by atoms with Crippen LogP contribution >= 0.6 is 24.0 Å².